The number of hydrogen-bond acceptors (Lipinski definition) is 2. The van der Waals surface area contributed by atoms with E-state index >= 15 is 0 Å². The van der Waals surface area contributed by atoms with Crippen LogP contribution in [0.3, 0.4) is 0 Å². The average Bonchev–Trinajstić information content (AvgIpc) is 2.28. The maximum absolute atomic E-state index is 11.7. The molecule has 0 atom stereocenters. The highest BCUT2D eigenvalue weighted by Gasteiger charge is 2.13. The van der Waals surface area contributed by atoms with Crippen LogP contribution < -0.4 is 10.1 Å². The highest BCUT2D eigenvalue weighted by atomic mass is 35.5. The van der Waals surface area contributed by atoms with E-state index in [4.69, 9.17) is 16.3 Å². The molecule has 0 aromatic heterocycles. The van der Waals surface area contributed by atoms with Crippen molar-refractivity contribution in [1.82, 2.24) is 5.32 Å². The molecule has 0 saturated carbocycles. The fourth-order valence-electron chi connectivity index (χ4n) is 1.26. The molecule has 1 aromatic rings. The Bertz CT molecular complexity index is 416. The number of carbonyl (C=O) groups is 1. The van der Waals surface area contributed by atoms with E-state index in [0.29, 0.717) is 22.9 Å². The lowest BCUT2D eigenvalue weighted by molar-refractivity contribution is 0.0955. The molecule has 1 amide bonds. The third-order valence-corrected chi connectivity index (χ3v) is 2.54. The van der Waals surface area contributed by atoms with Crippen LogP contribution in [0.2, 0.25) is 5.02 Å². The van der Waals surface area contributed by atoms with Gasteiger partial charge in [-0.3, -0.25) is 4.79 Å². The first-order chi connectivity index (χ1) is 7.60. The van der Waals surface area contributed by atoms with Crippen LogP contribution in [-0.4, -0.2) is 19.6 Å². The van der Waals surface area contributed by atoms with Crippen molar-refractivity contribution in [2.24, 2.45) is 0 Å². The first kappa shape index (κ1) is 12.6. The number of rotatable bonds is 4. The van der Waals surface area contributed by atoms with Crippen LogP contribution in [0, 0.1) is 6.92 Å². The summed E-state index contributed by atoms with van der Waals surface area (Å²) in [5.41, 5.74) is 1.30. The van der Waals surface area contributed by atoms with Gasteiger partial charge in [0.25, 0.3) is 5.91 Å². The largest absolute Gasteiger partial charge is 0.496 e. The summed E-state index contributed by atoms with van der Waals surface area (Å²) < 4.78 is 5.14. The molecular weight excluding hydrogens is 226 g/mol. The molecule has 0 aliphatic rings. The van der Waals surface area contributed by atoms with Gasteiger partial charge in [-0.1, -0.05) is 17.7 Å². The third kappa shape index (κ3) is 2.76. The summed E-state index contributed by atoms with van der Waals surface area (Å²) >= 11 is 5.97. The minimum atomic E-state index is -0.223. The van der Waals surface area contributed by atoms with Gasteiger partial charge in [0, 0.05) is 11.6 Å². The van der Waals surface area contributed by atoms with Crippen molar-refractivity contribution in [3.05, 3.63) is 40.9 Å². The summed E-state index contributed by atoms with van der Waals surface area (Å²) in [7, 11) is 1.52. The lowest BCUT2D eigenvalue weighted by Crippen LogP contribution is -2.23. The zero-order valence-electron chi connectivity index (χ0n) is 9.34. The fraction of sp³-hybridized carbons (Fsp3) is 0.250. The molecule has 1 N–H and O–H groups in total. The van der Waals surface area contributed by atoms with Gasteiger partial charge in [0.1, 0.15) is 5.75 Å². The molecule has 4 heteroatoms. The fourth-order valence-corrected chi connectivity index (χ4v) is 1.43. The van der Waals surface area contributed by atoms with E-state index < -0.39 is 0 Å². The Hall–Kier alpha value is -1.48. The molecule has 0 radical (unpaired) electrons. The van der Waals surface area contributed by atoms with Gasteiger partial charge in [-0.2, -0.15) is 0 Å². The van der Waals surface area contributed by atoms with Gasteiger partial charge < -0.3 is 10.1 Å². The van der Waals surface area contributed by atoms with Crippen molar-refractivity contribution >= 4 is 17.5 Å². The van der Waals surface area contributed by atoms with Gasteiger partial charge in [0.05, 0.1) is 12.7 Å². The molecule has 1 aromatic carbocycles. The van der Waals surface area contributed by atoms with E-state index in [2.05, 4.69) is 11.9 Å². The Morgan fingerprint density at radius 2 is 2.31 bits per heavy atom. The molecule has 0 spiro atoms. The van der Waals surface area contributed by atoms with Gasteiger partial charge in [-0.15, -0.1) is 6.58 Å². The van der Waals surface area contributed by atoms with Gasteiger partial charge in [0.2, 0.25) is 0 Å². The Morgan fingerprint density at radius 3 is 2.88 bits per heavy atom. The highest BCUT2D eigenvalue weighted by molar-refractivity contribution is 6.31. The van der Waals surface area contributed by atoms with Crippen LogP contribution in [0.25, 0.3) is 0 Å². The zero-order chi connectivity index (χ0) is 12.1. The predicted molar refractivity (Wildman–Crippen MR) is 65.3 cm³/mol. The maximum atomic E-state index is 11.7. The quantitative estimate of drug-likeness (QED) is 0.821. The topological polar surface area (TPSA) is 38.3 Å². The molecule has 86 valence electrons. The minimum absolute atomic E-state index is 0.223. The van der Waals surface area contributed by atoms with Crippen molar-refractivity contribution in [3.63, 3.8) is 0 Å². The molecule has 0 bridgehead atoms. The van der Waals surface area contributed by atoms with Crippen molar-refractivity contribution < 1.29 is 9.53 Å². The Kier molecular flexibility index (Phi) is 4.38. The second-order valence-electron chi connectivity index (χ2n) is 3.30. The van der Waals surface area contributed by atoms with E-state index in [-0.39, 0.29) is 5.91 Å². The summed E-state index contributed by atoms with van der Waals surface area (Å²) in [5.74, 6) is 0.294. The van der Waals surface area contributed by atoms with E-state index in [1.54, 1.807) is 18.2 Å². The molecule has 0 unspecified atom stereocenters. The second-order valence-corrected chi connectivity index (χ2v) is 3.71. The van der Waals surface area contributed by atoms with E-state index in [1.807, 2.05) is 6.92 Å². The number of aryl methyl sites for hydroxylation is 1. The van der Waals surface area contributed by atoms with E-state index in [1.165, 1.54) is 7.11 Å². The summed E-state index contributed by atoms with van der Waals surface area (Å²) in [5, 5.41) is 3.22. The highest BCUT2D eigenvalue weighted by Crippen LogP contribution is 2.26. The normalized spacial score (nSPS) is 9.69. The smallest absolute Gasteiger partial charge is 0.255 e. The molecule has 0 heterocycles. The molecule has 0 fully saturated rings. The van der Waals surface area contributed by atoms with Gasteiger partial charge in [0.15, 0.2) is 0 Å². The van der Waals surface area contributed by atoms with Crippen LogP contribution in [0.5, 0.6) is 5.75 Å². The summed E-state index contributed by atoms with van der Waals surface area (Å²) in [6.07, 6.45) is 1.61. The number of benzene rings is 1. The first-order valence-corrected chi connectivity index (χ1v) is 5.21. The van der Waals surface area contributed by atoms with E-state index in [0.717, 1.165) is 5.56 Å². The Morgan fingerprint density at radius 1 is 1.62 bits per heavy atom. The van der Waals surface area contributed by atoms with Crippen LogP contribution >= 0.6 is 11.6 Å². The summed E-state index contributed by atoms with van der Waals surface area (Å²) in [6, 6.07) is 3.35. The number of nitrogens with one attached hydrogen (secondary N) is 1. The van der Waals surface area contributed by atoms with Crippen LogP contribution in [0.1, 0.15) is 15.9 Å². The Labute approximate surface area is 100 Å². The molecule has 16 heavy (non-hydrogen) atoms. The third-order valence-electron chi connectivity index (χ3n) is 2.13. The summed E-state index contributed by atoms with van der Waals surface area (Å²) in [4.78, 5) is 11.7. The molecule has 1 rings (SSSR count). The number of methoxy groups -OCH3 is 1. The number of hydrogen-bond donors (Lipinski definition) is 1. The van der Waals surface area contributed by atoms with Gasteiger partial charge in [-0.25, -0.2) is 0 Å². The van der Waals surface area contributed by atoms with Crippen molar-refractivity contribution in [3.8, 4) is 5.75 Å². The number of amides is 1. The van der Waals surface area contributed by atoms with E-state index in [9.17, 15) is 4.79 Å². The van der Waals surface area contributed by atoms with Crippen LogP contribution in [0.4, 0.5) is 0 Å². The van der Waals surface area contributed by atoms with Crippen molar-refractivity contribution in [2.45, 2.75) is 6.92 Å². The van der Waals surface area contributed by atoms with Gasteiger partial charge in [-0.05, 0) is 24.6 Å². The molecule has 0 aliphatic heterocycles. The standard InChI is InChI=1S/C12H14ClNO2/c1-4-5-14-12(15)9-7-10(13)8(2)6-11(9)16-3/h4,6-7H,1,5H2,2-3H3,(H,14,15). The SMILES string of the molecule is C=CCNC(=O)c1cc(Cl)c(C)cc1OC. The van der Waals surface area contributed by atoms with Crippen molar-refractivity contribution in [2.75, 3.05) is 13.7 Å². The molecule has 3 nitrogen and oxygen atoms in total. The van der Waals surface area contributed by atoms with Crippen LogP contribution in [0.15, 0.2) is 24.8 Å². The molecular formula is C12H14ClNO2. The lowest BCUT2D eigenvalue weighted by Gasteiger charge is -2.10. The molecule has 0 aliphatic carbocycles. The Balaban J connectivity index is 3.06. The van der Waals surface area contributed by atoms with Crippen LogP contribution in [-0.2, 0) is 0 Å². The number of halogens is 1. The summed E-state index contributed by atoms with van der Waals surface area (Å²) in [6.45, 7) is 5.80. The number of ether oxygens (including phenoxy) is 1. The maximum Gasteiger partial charge on any atom is 0.255 e. The predicted octanol–water partition coefficient (Wildman–Crippen LogP) is 2.57. The monoisotopic (exact) mass is 239 g/mol. The zero-order valence-corrected chi connectivity index (χ0v) is 10.1. The first-order valence-electron chi connectivity index (χ1n) is 4.83. The molecule has 0 saturated heterocycles. The van der Waals surface area contributed by atoms with Gasteiger partial charge >= 0.3 is 0 Å². The van der Waals surface area contributed by atoms with Crippen molar-refractivity contribution in [1.29, 1.82) is 0 Å². The average molecular weight is 240 g/mol. The minimum Gasteiger partial charge on any atom is -0.496 e. The second kappa shape index (κ2) is 5.56. The lowest BCUT2D eigenvalue weighted by atomic mass is 10.1. The number of carbonyl (C=O) groups excluding carboxylic acids is 1.